The SMILES string of the molecule is CCOC(=O)C[C@@H]1CC[C@@H](NC(C)C)CN1C(=O)O. The Morgan fingerprint density at radius 2 is 2.11 bits per heavy atom. The van der Waals surface area contributed by atoms with E-state index in [0.717, 1.165) is 6.42 Å². The average Bonchev–Trinajstić information content (AvgIpc) is 2.30. The van der Waals surface area contributed by atoms with Gasteiger partial charge in [0, 0.05) is 24.7 Å². The van der Waals surface area contributed by atoms with Crippen LogP contribution >= 0.6 is 0 Å². The van der Waals surface area contributed by atoms with E-state index in [1.54, 1.807) is 6.92 Å². The van der Waals surface area contributed by atoms with Gasteiger partial charge in [-0.05, 0) is 19.8 Å². The number of hydrogen-bond donors (Lipinski definition) is 2. The minimum atomic E-state index is -0.968. The van der Waals surface area contributed by atoms with Crippen LogP contribution in [0.25, 0.3) is 0 Å². The molecular weight excluding hydrogens is 248 g/mol. The number of carbonyl (C=O) groups excluding carboxylic acids is 1. The van der Waals surface area contributed by atoms with Crippen molar-refractivity contribution in [2.75, 3.05) is 13.2 Å². The van der Waals surface area contributed by atoms with Crippen molar-refractivity contribution in [1.82, 2.24) is 10.2 Å². The topological polar surface area (TPSA) is 78.9 Å². The van der Waals surface area contributed by atoms with E-state index in [1.165, 1.54) is 4.90 Å². The van der Waals surface area contributed by atoms with E-state index in [2.05, 4.69) is 5.32 Å². The summed E-state index contributed by atoms with van der Waals surface area (Å²) in [7, 11) is 0. The van der Waals surface area contributed by atoms with Gasteiger partial charge in [-0.15, -0.1) is 0 Å². The molecule has 0 spiro atoms. The van der Waals surface area contributed by atoms with Gasteiger partial charge in [0.25, 0.3) is 0 Å². The standard InChI is InChI=1S/C13H24N2O4/c1-4-19-12(16)7-11-6-5-10(14-9(2)3)8-15(11)13(17)18/h9-11,14H,4-8H2,1-3H3,(H,17,18)/t10-,11+/m1/s1. The summed E-state index contributed by atoms with van der Waals surface area (Å²) in [5.74, 6) is -0.325. The van der Waals surface area contributed by atoms with Gasteiger partial charge < -0.3 is 20.1 Å². The summed E-state index contributed by atoms with van der Waals surface area (Å²) in [5, 5.41) is 12.6. The lowest BCUT2D eigenvalue weighted by Gasteiger charge is -2.38. The van der Waals surface area contributed by atoms with E-state index >= 15 is 0 Å². The van der Waals surface area contributed by atoms with Crippen molar-refractivity contribution in [2.24, 2.45) is 0 Å². The van der Waals surface area contributed by atoms with Crippen molar-refractivity contribution in [1.29, 1.82) is 0 Å². The van der Waals surface area contributed by atoms with Crippen LogP contribution in [0.1, 0.15) is 40.0 Å². The Kier molecular flexibility index (Phi) is 6.08. The molecule has 0 radical (unpaired) electrons. The van der Waals surface area contributed by atoms with Crippen LogP contribution in [0.3, 0.4) is 0 Å². The number of esters is 1. The maximum atomic E-state index is 11.5. The van der Waals surface area contributed by atoms with E-state index in [1.807, 2.05) is 13.8 Å². The van der Waals surface area contributed by atoms with Gasteiger partial charge >= 0.3 is 12.1 Å². The average molecular weight is 272 g/mol. The number of hydrogen-bond acceptors (Lipinski definition) is 4. The highest BCUT2D eigenvalue weighted by Gasteiger charge is 2.33. The van der Waals surface area contributed by atoms with Crippen LogP contribution in [0.15, 0.2) is 0 Å². The minimum absolute atomic E-state index is 0.147. The number of nitrogens with one attached hydrogen (secondary N) is 1. The quantitative estimate of drug-likeness (QED) is 0.741. The maximum Gasteiger partial charge on any atom is 0.407 e. The highest BCUT2D eigenvalue weighted by molar-refractivity contribution is 5.72. The summed E-state index contributed by atoms with van der Waals surface area (Å²) in [4.78, 5) is 24.1. The van der Waals surface area contributed by atoms with Gasteiger partial charge in [-0.25, -0.2) is 4.79 Å². The molecule has 0 saturated carbocycles. The number of nitrogens with zero attached hydrogens (tertiary/aromatic N) is 1. The molecule has 19 heavy (non-hydrogen) atoms. The van der Waals surface area contributed by atoms with Crippen LogP contribution in [-0.4, -0.2) is 53.3 Å². The Morgan fingerprint density at radius 3 is 2.63 bits per heavy atom. The summed E-state index contributed by atoms with van der Waals surface area (Å²) in [6.07, 6.45) is 0.750. The molecule has 2 atom stereocenters. The van der Waals surface area contributed by atoms with Crippen molar-refractivity contribution in [3.63, 3.8) is 0 Å². The number of amides is 1. The molecule has 1 saturated heterocycles. The number of likely N-dealkylation sites (tertiary alicyclic amines) is 1. The van der Waals surface area contributed by atoms with E-state index in [-0.39, 0.29) is 24.5 Å². The second-order valence-electron chi connectivity index (χ2n) is 5.19. The van der Waals surface area contributed by atoms with Crippen molar-refractivity contribution in [3.8, 4) is 0 Å². The van der Waals surface area contributed by atoms with Crippen LogP contribution in [0, 0.1) is 0 Å². The van der Waals surface area contributed by atoms with Crippen molar-refractivity contribution in [3.05, 3.63) is 0 Å². The van der Waals surface area contributed by atoms with Crippen LogP contribution in [-0.2, 0) is 9.53 Å². The Morgan fingerprint density at radius 1 is 1.42 bits per heavy atom. The molecule has 0 aromatic heterocycles. The summed E-state index contributed by atoms with van der Waals surface area (Å²) < 4.78 is 4.89. The van der Waals surface area contributed by atoms with Gasteiger partial charge in [-0.1, -0.05) is 13.8 Å². The van der Waals surface area contributed by atoms with Gasteiger partial charge in [0.2, 0.25) is 0 Å². The van der Waals surface area contributed by atoms with Crippen molar-refractivity contribution >= 4 is 12.1 Å². The van der Waals surface area contributed by atoms with Crippen molar-refractivity contribution in [2.45, 2.75) is 58.2 Å². The number of piperidine rings is 1. The van der Waals surface area contributed by atoms with Crippen LogP contribution in [0.5, 0.6) is 0 Å². The van der Waals surface area contributed by atoms with Crippen LogP contribution in [0.4, 0.5) is 4.79 Å². The molecule has 1 aliphatic rings. The fraction of sp³-hybridized carbons (Fsp3) is 0.846. The van der Waals surface area contributed by atoms with E-state index in [9.17, 15) is 14.7 Å². The molecule has 1 amide bonds. The second kappa shape index (κ2) is 7.33. The molecule has 6 nitrogen and oxygen atoms in total. The van der Waals surface area contributed by atoms with E-state index < -0.39 is 6.09 Å². The molecule has 2 N–H and O–H groups in total. The predicted molar refractivity (Wildman–Crippen MR) is 71.1 cm³/mol. The monoisotopic (exact) mass is 272 g/mol. The first-order chi connectivity index (χ1) is 8.93. The zero-order chi connectivity index (χ0) is 14.4. The third-order valence-electron chi connectivity index (χ3n) is 3.23. The maximum absolute atomic E-state index is 11.5. The first-order valence-corrected chi connectivity index (χ1v) is 6.85. The summed E-state index contributed by atoms with van der Waals surface area (Å²) >= 11 is 0. The van der Waals surface area contributed by atoms with Crippen LogP contribution < -0.4 is 5.32 Å². The predicted octanol–water partition coefficient (Wildman–Crippen LogP) is 1.45. The molecule has 0 aromatic carbocycles. The second-order valence-corrected chi connectivity index (χ2v) is 5.19. The number of carboxylic acid groups (broad SMARTS) is 1. The first-order valence-electron chi connectivity index (χ1n) is 6.85. The summed E-state index contributed by atoms with van der Waals surface area (Å²) in [6.45, 7) is 6.58. The van der Waals surface area contributed by atoms with Gasteiger partial charge in [0.05, 0.1) is 13.0 Å². The van der Waals surface area contributed by atoms with Crippen LogP contribution in [0.2, 0.25) is 0 Å². The Balaban J connectivity index is 2.58. The lowest BCUT2D eigenvalue weighted by atomic mass is 9.96. The zero-order valence-corrected chi connectivity index (χ0v) is 11.9. The summed E-state index contributed by atoms with van der Waals surface area (Å²) in [5.41, 5.74) is 0. The lowest BCUT2D eigenvalue weighted by Crippen LogP contribution is -2.54. The fourth-order valence-corrected chi connectivity index (χ4v) is 2.49. The van der Waals surface area contributed by atoms with Gasteiger partial charge in [0.1, 0.15) is 0 Å². The molecule has 1 rings (SSSR count). The third kappa shape index (κ3) is 5.06. The molecular formula is C13H24N2O4. The van der Waals surface area contributed by atoms with Gasteiger partial charge in [0.15, 0.2) is 0 Å². The molecule has 0 bridgehead atoms. The zero-order valence-electron chi connectivity index (χ0n) is 11.9. The molecule has 1 heterocycles. The van der Waals surface area contributed by atoms with E-state index in [4.69, 9.17) is 4.74 Å². The third-order valence-corrected chi connectivity index (χ3v) is 3.23. The molecule has 110 valence electrons. The molecule has 6 heteroatoms. The number of carbonyl (C=O) groups is 2. The van der Waals surface area contributed by atoms with Crippen molar-refractivity contribution < 1.29 is 19.4 Å². The molecule has 1 fully saturated rings. The highest BCUT2D eigenvalue weighted by atomic mass is 16.5. The lowest BCUT2D eigenvalue weighted by molar-refractivity contribution is -0.144. The Bertz CT molecular complexity index is 320. The Hall–Kier alpha value is -1.30. The smallest absolute Gasteiger partial charge is 0.407 e. The molecule has 1 aliphatic heterocycles. The first kappa shape index (κ1) is 15.8. The largest absolute Gasteiger partial charge is 0.466 e. The highest BCUT2D eigenvalue weighted by Crippen LogP contribution is 2.21. The van der Waals surface area contributed by atoms with Gasteiger partial charge in [-0.3, -0.25) is 4.79 Å². The normalized spacial score (nSPS) is 23.5. The number of ether oxygens (including phenoxy) is 1. The molecule has 0 unspecified atom stereocenters. The minimum Gasteiger partial charge on any atom is -0.466 e. The summed E-state index contributed by atoms with van der Waals surface area (Å²) in [6, 6.07) is 0.221. The molecule has 0 aliphatic carbocycles. The van der Waals surface area contributed by atoms with Gasteiger partial charge in [-0.2, -0.15) is 0 Å². The Labute approximate surface area is 114 Å². The molecule has 0 aromatic rings. The fourth-order valence-electron chi connectivity index (χ4n) is 2.49. The van der Waals surface area contributed by atoms with E-state index in [0.29, 0.717) is 25.6 Å². The number of rotatable bonds is 5.